The van der Waals surface area contributed by atoms with E-state index in [1.54, 1.807) is 29.4 Å². The molecule has 3 rings (SSSR count). The van der Waals surface area contributed by atoms with Crippen LogP contribution in [-0.2, 0) is 7.05 Å². The second-order valence-corrected chi connectivity index (χ2v) is 5.79. The molecule has 1 saturated heterocycles. The van der Waals surface area contributed by atoms with Gasteiger partial charge in [0.2, 0.25) is 0 Å². The average molecular weight is 305 g/mol. The number of amides is 1. The van der Waals surface area contributed by atoms with Crippen LogP contribution in [0.3, 0.4) is 0 Å². The van der Waals surface area contributed by atoms with E-state index in [2.05, 4.69) is 9.97 Å². The third-order valence-corrected chi connectivity index (χ3v) is 4.20. The van der Waals surface area contributed by atoms with Gasteiger partial charge in [0.25, 0.3) is 5.91 Å². The molecule has 1 aliphatic rings. The number of hydrogen-bond acceptors (Lipinski definition) is 3. The molecule has 0 aromatic carbocycles. The van der Waals surface area contributed by atoms with Crippen LogP contribution in [0.1, 0.15) is 34.9 Å². The fraction of sp³-hybridized carbons (Fsp3) is 0.400. The van der Waals surface area contributed by atoms with Crippen LogP contribution in [0.15, 0.2) is 30.9 Å². The molecule has 0 N–H and O–H groups in total. The standard InChI is InChI=1S/C15H17ClN4O/c1-19-9-12(16)8-14(19)15(21)20-6-3-11(4-7-20)13-2-5-17-10-18-13/h2,5,8-11H,3-4,6-7H2,1H3. The van der Waals surface area contributed by atoms with E-state index in [4.69, 9.17) is 11.6 Å². The molecule has 0 bridgehead atoms. The second-order valence-electron chi connectivity index (χ2n) is 5.36. The topological polar surface area (TPSA) is 51.0 Å². The molecule has 1 aliphatic heterocycles. The lowest BCUT2D eigenvalue weighted by Crippen LogP contribution is -2.38. The third-order valence-electron chi connectivity index (χ3n) is 4.00. The highest BCUT2D eigenvalue weighted by Gasteiger charge is 2.26. The van der Waals surface area contributed by atoms with Gasteiger partial charge in [-0.1, -0.05) is 11.6 Å². The van der Waals surface area contributed by atoms with Crippen LogP contribution in [0.5, 0.6) is 0 Å². The molecule has 5 nitrogen and oxygen atoms in total. The molecule has 1 fully saturated rings. The minimum Gasteiger partial charge on any atom is -0.345 e. The van der Waals surface area contributed by atoms with Crippen molar-refractivity contribution in [2.45, 2.75) is 18.8 Å². The molecule has 0 radical (unpaired) electrons. The maximum absolute atomic E-state index is 12.5. The Bertz CT molecular complexity index is 632. The van der Waals surface area contributed by atoms with Crippen molar-refractivity contribution >= 4 is 17.5 Å². The fourth-order valence-electron chi connectivity index (χ4n) is 2.82. The van der Waals surface area contributed by atoms with Crippen molar-refractivity contribution in [3.8, 4) is 0 Å². The summed E-state index contributed by atoms with van der Waals surface area (Å²) < 4.78 is 1.78. The quantitative estimate of drug-likeness (QED) is 0.856. The van der Waals surface area contributed by atoms with E-state index in [0.29, 0.717) is 16.6 Å². The van der Waals surface area contributed by atoms with Crippen LogP contribution in [0, 0.1) is 0 Å². The molecular weight excluding hydrogens is 288 g/mol. The summed E-state index contributed by atoms with van der Waals surface area (Å²) in [4.78, 5) is 22.6. The molecule has 6 heteroatoms. The molecule has 0 spiro atoms. The lowest BCUT2D eigenvalue weighted by Gasteiger charge is -2.31. The van der Waals surface area contributed by atoms with Crippen LogP contribution in [0.4, 0.5) is 0 Å². The second kappa shape index (κ2) is 5.85. The van der Waals surface area contributed by atoms with E-state index in [0.717, 1.165) is 31.6 Å². The molecule has 0 unspecified atom stereocenters. The molecule has 21 heavy (non-hydrogen) atoms. The molecule has 0 atom stereocenters. The van der Waals surface area contributed by atoms with Crippen molar-refractivity contribution in [1.29, 1.82) is 0 Å². The van der Waals surface area contributed by atoms with Crippen molar-refractivity contribution in [3.05, 3.63) is 47.3 Å². The van der Waals surface area contributed by atoms with Gasteiger partial charge in [0.05, 0.1) is 5.02 Å². The Hall–Kier alpha value is -1.88. The van der Waals surface area contributed by atoms with Gasteiger partial charge in [-0.05, 0) is 25.0 Å². The Balaban J connectivity index is 1.66. The number of nitrogens with zero attached hydrogens (tertiary/aromatic N) is 4. The Kier molecular flexibility index (Phi) is 3.92. The van der Waals surface area contributed by atoms with Gasteiger partial charge in [0.15, 0.2) is 0 Å². The summed E-state index contributed by atoms with van der Waals surface area (Å²) in [6.45, 7) is 1.49. The largest absolute Gasteiger partial charge is 0.345 e. The molecule has 3 heterocycles. The van der Waals surface area contributed by atoms with Gasteiger partial charge >= 0.3 is 0 Å². The zero-order valence-corrected chi connectivity index (χ0v) is 12.6. The van der Waals surface area contributed by atoms with Crippen molar-refractivity contribution in [3.63, 3.8) is 0 Å². The number of piperidine rings is 1. The summed E-state index contributed by atoms with van der Waals surface area (Å²) in [7, 11) is 1.84. The van der Waals surface area contributed by atoms with Gasteiger partial charge in [0, 0.05) is 44.1 Å². The van der Waals surface area contributed by atoms with Gasteiger partial charge < -0.3 is 9.47 Å². The van der Waals surface area contributed by atoms with Gasteiger partial charge in [-0.25, -0.2) is 9.97 Å². The summed E-state index contributed by atoms with van der Waals surface area (Å²) in [6, 6.07) is 3.68. The van der Waals surface area contributed by atoms with Crippen LogP contribution in [-0.4, -0.2) is 38.4 Å². The number of halogens is 1. The maximum Gasteiger partial charge on any atom is 0.270 e. The van der Waals surface area contributed by atoms with Crippen LogP contribution >= 0.6 is 11.6 Å². The lowest BCUT2D eigenvalue weighted by molar-refractivity contribution is 0.0702. The van der Waals surface area contributed by atoms with Crippen LogP contribution in [0.25, 0.3) is 0 Å². The summed E-state index contributed by atoms with van der Waals surface area (Å²) in [5, 5.41) is 0.594. The molecule has 2 aromatic heterocycles. The van der Waals surface area contributed by atoms with Crippen LogP contribution < -0.4 is 0 Å². The number of rotatable bonds is 2. The number of aryl methyl sites for hydroxylation is 1. The Labute approximate surface area is 128 Å². The summed E-state index contributed by atoms with van der Waals surface area (Å²) in [5.74, 6) is 0.458. The maximum atomic E-state index is 12.5. The first-order valence-corrected chi connectivity index (χ1v) is 7.40. The molecular formula is C15H17ClN4O. The Morgan fingerprint density at radius 3 is 2.71 bits per heavy atom. The predicted molar refractivity (Wildman–Crippen MR) is 80.3 cm³/mol. The molecule has 110 valence electrons. The molecule has 2 aromatic rings. The zero-order chi connectivity index (χ0) is 14.8. The van der Waals surface area contributed by atoms with Gasteiger partial charge in [-0.3, -0.25) is 4.79 Å². The minimum atomic E-state index is 0.0468. The fourth-order valence-corrected chi connectivity index (χ4v) is 3.07. The SMILES string of the molecule is Cn1cc(Cl)cc1C(=O)N1CCC(c2ccncn2)CC1. The van der Waals surface area contributed by atoms with E-state index in [1.807, 2.05) is 18.0 Å². The third kappa shape index (κ3) is 2.93. The summed E-state index contributed by atoms with van der Waals surface area (Å²) >= 11 is 5.95. The van der Waals surface area contributed by atoms with Gasteiger partial charge in [-0.2, -0.15) is 0 Å². The smallest absolute Gasteiger partial charge is 0.270 e. The number of aromatic nitrogens is 3. The number of carbonyl (C=O) groups excluding carboxylic acids is 1. The van der Waals surface area contributed by atoms with E-state index < -0.39 is 0 Å². The number of likely N-dealkylation sites (tertiary alicyclic amines) is 1. The highest BCUT2D eigenvalue weighted by Crippen LogP contribution is 2.27. The molecule has 1 amide bonds. The lowest BCUT2D eigenvalue weighted by atomic mass is 9.93. The zero-order valence-electron chi connectivity index (χ0n) is 11.9. The predicted octanol–water partition coefficient (Wildman–Crippen LogP) is 2.49. The summed E-state index contributed by atoms with van der Waals surface area (Å²) in [6.07, 6.45) is 6.97. The van der Waals surface area contributed by atoms with Crippen molar-refractivity contribution in [2.24, 2.45) is 7.05 Å². The van der Waals surface area contributed by atoms with Gasteiger partial charge in [0.1, 0.15) is 12.0 Å². The van der Waals surface area contributed by atoms with Crippen molar-refractivity contribution < 1.29 is 4.79 Å². The first-order chi connectivity index (χ1) is 10.1. The first-order valence-electron chi connectivity index (χ1n) is 7.02. The molecule has 0 saturated carbocycles. The first kappa shape index (κ1) is 14.1. The van der Waals surface area contributed by atoms with E-state index in [-0.39, 0.29) is 5.91 Å². The molecule has 0 aliphatic carbocycles. The monoisotopic (exact) mass is 304 g/mol. The average Bonchev–Trinajstić information content (AvgIpc) is 2.86. The number of hydrogen-bond donors (Lipinski definition) is 0. The van der Waals surface area contributed by atoms with E-state index >= 15 is 0 Å². The van der Waals surface area contributed by atoms with Gasteiger partial charge in [-0.15, -0.1) is 0 Å². The normalized spacial score (nSPS) is 16.2. The Morgan fingerprint density at radius 2 is 2.14 bits per heavy atom. The highest BCUT2D eigenvalue weighted by molar-refractivity contribution is 6.31. The highest BCUT2D eigenvalue weighted by atomic mass is 35.5. The van der Waals surface area contributed by atoms with E-state index in [1.165, 1.54) is 0 Å². The van der Waals surface area contributed by atoms with Crippen molar-refractivity contribution in [2.75, 3.05) is 13.1 Å². The van der Waals surface area contributed by atoms with Crippen LogP contribution in [0.2, 0.25) is 5.02 Å². The minimum absolute atomic E-state index is 0.0468. The van der Waals surface area contributed by atoms with Crippen molar-refractivity contribution in [1.82, 2.24) is 19.4 Å². The Morgan fingerprint density at radius 1 is 1.38 bits per heavy atom. The number of carbonyl (C=O) groups is 1. The van der Waals surface area contributed by atoms with E-state index in [9.17, 15) is 4.79 Å². The summed E-state index contributed by atoms with van der Waals surface area (Å²) in [5.41, 5.74) is 1.71.